The lowest BCUT2D eigenvalue weighted by molar-refractivity contribution is -0.131. The first kappa shape index (κ1) is 20.4. The lowest BCUT2D eigenvalue weighted by Crippen LogP contribution is -2.57. The molecule has 2 unspecified atom stereocenters. The molecule has 3 aliphatic rings. The topological polar surface area (TPSA) is 88.6 Å². The largest absolute Gasteiger partial charge is 0.376 e. The standard InChI is InChI=1S/C20H30FN5O3/c21-14-11-23-20(24-12-14)26-8-5-15(6-9-26)29-13-17-16(3-1-7-22-17)25-19(27)18-4-2-10-28-18/h11-12,15-18,22H,1-10,13H2,(H,25,27)/t16?,17?,18-/m0/s1. The van der Waals surface area contributed by atoms with Crippen LogP contribution in [0.5, 0.6) is 0 Å². The van der Waals surface area contributed by atoms with Gasteiger partial charge < -0.3 is 25.0 Å². The average Bonchev–Trinajstić information content (AvgIpc) is 3.29. The zero-order chi connectivity index (χ0) is 20.1. The second kappa shape index (κ2) is 9.77. The maximum Gasteiger partial charge on any atom is 0.249 e. The van der Waals surface area contributed by atoms with Gasteiger partial charge in [-0.1, -0.05) is 0 Å². The summed E-state index contributed by atoms with van der Waals surface area (Å²) in [5.41, 5.74) is 0. The van der Waals surface area contributed by atoms with Gasteiger partial charge in [-0.3, -0.25) is 4.79 Å². The molecule has 4 heterocycles. The van der Waals surface area contributed by atoms with Gasteiger partial charge in [0.2, 0.25) is 11.9 Å². The number of hydrogen-bond acceptors (Lipinski definition) is 7. The molecule has 1 amide bonds. The van der Waals surface area contributed by atoms with Crippen molar-refractivity contribution >= 4 is 11.9 Å². The summed E-state index contributed by atoms with van der Waals surface area (Å²) < 4.78 is 24.7. The summed E-state index contributed by atoms with van der Waals surface area (Å²) >= 11 is 0. The molecule has 3 aliphatic heterocycles. The van der Waals surface area contributed by atoms with Crippen LogP contribution in [-0.4, -0.2) is 73.0 Å². The summed E-state index contributed by atoms with van der Waals surface area (Å²) in [4.78, 5) is 22.6. The number of carbonyl (C=O) groups is 1. The van der Waals surface area contributed by atoms with Crippen molar-refractivity contribution in [1.29, 1.82) is 0 Å². The Morgan fingerprint density at radius 1 is 1.24 bits per heavy atom. The molecule has 9 heteroatoms. The highest BCUT2D eigenvalue weighted by Gasteiger charge is 2.31. The predicted molar refractivity (Wildman–Crippen MR) is 105 cm³/mol. The molecule has 0 aromatic carbocycles. The van der Waals surface area contributed by atoms with Gasteiger partial charge in [-0.05, 0) is 45.1 Å². The lowest BCUT2D eigenvalue weighted by atomic mass is 9.98. The van der Waals surface area contributed by atoms with E-state index in [1.807, 2.05) is 0 Å². The normalized spacial score (nSPS) is 28.4. The van der Waals surface area contributed by atoms with Crippen LogP contribution in [0.4, 0.5) is 10.3 Å². The Bertz CT molecular complexity index is 663. The number of halogens is 1. The first-order valence-electron chi connectivity index (χ1n) is 10.7. The maximum atomic E-state index is 13.0. The van der Waals surface area contributed by atoms with E-state index < -0.39 is 5.82 Å². The highest BCUT2D eigenvalue weighted by molar-refractivity contribution is 5.81. The molecule has 2 N–H and O–H groups in total. The van der Waals surface area contributed by atoms with Gasteiger partial charge in [0.1, 0.15) is 6.10 Å². The van der Waals surface area contributed by atoms with Crippen LogP contribution in [0.15, 0.2) is 12.4 Å². The van der Waals surface area contributed by atoms with Crippen LogP contribution in [0.25, 0.3) is 0 Å². The van der Waals surface area contributed by atoms with E-state index in [0.717, 1.165) is 58.2 Å². The number of rotatable bonds is 6. The minimum atomic E-state index is -0.423. The summed E-state index contributed by atoms with van der Waals surface area (Å²) in [6, 6.07) is 0.195. The third-order valence-corrected chi connectivity index (χ3v) is 5.98. The molecule has 8 nitrogen and oxygen atoms in total. The summed E-state index contributed by atoms with van der Waals surface area (Å²) in [6.45, 7) is 3.77. The number of piperidine rings is 2. The van der Waals surface area contributed by atoms with Gasteiger partial charge in [0.15, 0.2) is 5.82 Å². The van der Waals surface area contributed by atoms with E-state index in [-0.39, 0.29) is 30.2 Å². The Balaban J connectivity index is 1.22. The molecule has 4 rings (SSSR count). The number of nitrogens with zero attached hydrogens (tertiary/aromatic N) is 3. The molecule has 0 bridgehead atoms. The Morgan fingerprint density at radius 3 is 2.76 bits per heavy atom. The third kappa shape index (κ3) is 5.40. The van der Waals surface area contributed by atoms with Crippen LogP contribution in [-0.2, 0) is 14.3 Å². The van der Waals surface area contributed by atoms with Crippen LogP contribution in [0.2, 0.25) is 0 Å². The molecule has 0 aliphatic carbocycles. The monoisotopic (exact) mass is 407 g/mol. The fourth-order valence-corrected chi connectivity index (χ4v) is 4.29. The van der Waals surface area contributed by atoms with Gasteiger partial charge in [-0.2, -0.15) is 0 Å². The van der Waals surface area contributed by atoms with Gasteiger partial charge in [-0.25, -0.2) is 14.4 Å². The average molecular weight is 407 g/mol. The van der Waals surface area contributed by atoms with Crippen molar-refractivity contribution in [2.45, 2.75) is 62.8 Å². The number of aromatic nitrogens is 2. The van der Waals surface area contributed by atoms with Crippen LogP contribution in [0.1, 0.15) is 38.5 Å². The lowest BCUT2D eigenvalue weighted by Gasteiger charge is -2.36. The molecule has 1 aromatic rings. The molecular weight excluding hydrogens is 377 g/mol. The quantitative estimate of drug-likeness (QED) is 0.728. The molecule has 160 valence electrons. The van der Waals surface area contributed by atoms with Gasteiger partial charge in [0.05, 0.1) is 31.1 Å². The van der Waals surface area contributed by atoms with Gasteiger partial charge in [-0.15, -0.1) is 0 Å². The predicted octanol–water partition coefficient (Wildman–Crippen LogP) is 1.02. The third-order valence-electron chi connectivity index (χ3n) is 5.98. The molecule has 3 atom stereocenters. The smallest absolute Gasteiger partial charge is 0.249 e. The second-order valence-corrected chi connectivity index (χ2v) is 8.04. The van der Waals surface area contributed by atoms with E-state index in [1.54, 1.807) is 0 Å². The minimum absolute atomic E-state index is 0.00815. The van der Waals surface area contributed by atoms with Crippen molar-refractivity contribution in [2.24, 2.45) is 0 Å². The molecule has 29 heavy (non-hydrogen) atoms. The van der Waals surface area contributed by atoms with Crippen LogP contribution >= 0.6 is 0 Å². The second-order valence-electron chi connectivity index (χ2n) is 8.04. The number of nitrogens with one attached hydrogen (secondary N) is 2. The number of anilines is 1. The van der Waals surface area contributed by atoms with Crippen molar-refractivity contribution in [3.8, 4) is 0 Å². The minimum Gasteiger partial charge on any atom is -0.376 e. The zero-order valence-corrected chi connectivity index (χ0v) is 16.7. The number of amides is 1. The van der Waals surface area contributed by atoms with E-state index in [4.69, 9.17) is 9.47 Å². The molecule has 0 radical (unpaired) electrons. The zero-order valence-electron chi connectivity index (χ0n) is 16.7. The van der Waals surface area contributed by atoms with E-state index in [2.05, 4.69) is 25.5 Å². The number of hydrogen-bond donors (Lipinski definition) is 2. The van der Waals surface area contributed by atoms with Crippen LogP contribution in [0, 0.1) is 5.82 Å². The van der Waals surface area contributed by atoms with Gasteiger partial charge >= 0.3 is 0 Å². The van der Waals surface area contributed by atoms with Crippen molar-refractivity contribution in [3.63, 3.8) is 0 Å². The fraction of sp³-hybridized carbons (Fsp3) is 0.750. The molecule has 0 saturated carbocycles. The van der Waals surface area contributed by atoms with Crippen LogP contribution < -0.4 is 15.5 Å². The SMILES string of the molecule is O=C(NC1CCCNC1COC1CCN(c2ncc(F)cn2)CC1)[C@@H]1CCCO1. The highest BCUT2D eigenvalue weighted by Crippen LogP contribution is 2.20. The Labute approximate surface area is 170 Å². The van der Waals surface area contributed by atoms with Gasteiger partial charge in [0, 0.05) is 25.7 Å². The number of ether oxygens (including phenoxy) is 2. The van der Waals surface area contributed by atoms with Crippen LogP contribution in [0.3, 0.4) is 0 Å². The molecular formula is C20H30FN5O3. The summed E-state index contributed by atoms with van der Waals surface area (Å²) in [5, 5.41) is 6.67. The fourth-order valence-electron chi connectivity index (χ4n) is 4.29. The Kier molecular flexibility index (Phi) is 6.89. The van der Waals surface area contributed by atoms with E-state index in [9.17, 15) is 9.18 Å². The van der Waals surface area contributed by atoms with E-state index in [1.165, 1.54) is 12.4 Å². The van der Waals surface area contributed by atoms with Crippen molar-refractivity contribution in [3.05, 3.63) is 18.2 Å². The van der Waals surface area contributed by atoms with E-state index >= 15 is 0 Å². The van der Waals surface area contributed by atoms with Crippen molar-refractivity contribution in [2.75, 3.05) is 37.7 Å². The summed E-state index contributed by atoms with van der Waals surface area (Å²) in [7, 11) is 0. The number of carbonyl (C=O) groups excluding carboxylic acids is 1. The van der Waals surface area contributed by atoms with E-state index in [0.29, 0.717) is 19.2 Å². The Morgan fingerprint density at radius 2 is 2.03 bits per heavy atom. The molecule has 3 saturated heterocycles. The molecule has 3 fully saturated rings. The summed E-state index contributed by atoms with van der Waals surface area (Å²) in [6.07, 6.45) is 7.79. The van der Waals surface area contributed by atoms with Gasteiger partial charge in [0.25, 0.3) is 0 Å². The molecule has 1 aromatic heterocycles. The van der Waals surface area contributed by atoms with Crippen molar-refractivity contribution < 1.29 is 18.7 Å². The summed E-state index contributed by atoms with van der Waals surface area (Å²) in [5.74, 6) is 0.151. The maximum absolute atomic E-state index is 13.0. The van der Waals surface area contributed by atoms with Crippen molar-refractivity contribution in [1.82, 2.24) is 20.6 Å². The first-order chi connectivity index (χ1) is 14.2. The highest BCUT2D eigenvalue weighted by atomic mass is 19.1. The molecule has 0 spiro atoms. The Hall–Kier alpha value is -1.84. The first-order valence-corrected chi connectivity index (χ1v) is 10.7.